The Bertz CT molecular complexity index is 3380. The second-order valence-corrected chi connectivity index (χ2v) is 16.0. The first-order valence-corrected chi connectivity index (χ1v) is 20.8. The van der Waals surface area contributed by atoms with E-state index < -0.39 is 5.41 Å². The maximum absolute atomic E-state index is 2.52. The van der Waals surface area contributed by atoms with Gasteiger partial charge in [-0.05, 0) is 107 Å². The van der Waals surface area contributed by atoms with Crippen LogP contribution in [0.1, 0.15) is 22.3 Å². The van der Waals surface area contributed by atoms with Gasteiger partial charge in [-0.1, -0.05) is 206 Å². The van der Waals surface area contributed by atoms with Crippen molar-refractivity contribution in [3.8, 4) is 22.3 Å². The average molecular weight is 762 g/mol. The molecule has 0 amide bonds. The molecule has 1 nitrogen and oxygen atoms in total. The lowest BCUT2D eigenvalue weighted by Gasteiger charge is -2.34. The van der Waals surface area contributed by atoms with Crippen LogP contribution in [-0.4, -0.2) is 0 Å². The third-order valence-corrected chi connectivity index (χ3v) is 12.9. The van der Waals surface area contributed by atoms with E-state index in [2.05, 4.69) is 241 Å². The quantitative estimate of drug-likeness (QED) is 0.153. The Hall–Kier alpha value is -7.74. The Kier molecular flexibility index (Phi) is 7.83. The Balaban J connectivity index is 1.11. The van der Waals surface area contributed by atoms with Gasteiger partial charge in [-0.15, -0.1) is 0 Å². The van der Waals surface area contributed by atoms with Crippen LogP contribution in [0.3, 0.4) is 0 Å². The molecular weight excluding hydrogens is 723 g/mol. The Morgan fingerprint density at radius 3 is 1.58 bits per heavy atom. The van der Waals surface area contributed by atoms with Crippen LogP contribution in [0.2, 0.25) is 0 Å². The molecule has 11 aromatic rings. The van der Waals surface area contributed by atoms with Gasteiger partial charge in [-0.2, -0.15) is 0 Å². The zero-order valence-electron chi connectivity index (χ0n) is 33.0. The van der Waals surface area contributed by atoms with Gasteiger partial charge in [0.2, 0.25) is 0 Å². The van der Waals surface area contributed by atoms with E-state index in [-0.39, 0.29) is 0 Å². The molecule has 0 saturated carbocycles. The van der Waals surface area contributed by atoms with Gasteiger partial charge in [0.05, 0.1) is 16.8 Å². The molecule has 0 aliphatic heterocycles. The molecule has 0 atom stereocenters. The van der Waals surface area contributed by atoms with Crippen molar-refractivity contribution in [2.24, 2.45) is 0 Å². The largest absolute Gasteiger partial charge is 0.309 e. The fourth-order valence-corrected chi connectivity index (χ4v) is 10.3. The zero-order chi connectivity index (χ0) is 39.6. The highest BCUT2D eigenvalue weighted by Crippen LogP contribution is 2.60. The number of fused-ring (bicyclic) bond motifs is 9. The number of nitrogens with zero attached hydrogens (tertiary/aromatic N) is 1. The number of hydrogen-bond donors (Lipinski definition) is 0. The van der Waals surface area contributed by atoms with E-state index in [1.54, 1.807) is 0 Å². The Labute approximate surface area is 350 Å². The van der Waals surface area contributed by atoms with Crippen LogP contribution in [0.5, 0.6) is 0 Å². The van der Waals surface area contributed by atoms with E-state index in [0.717, 1.165) is 17.1 Å². The van der Waals surface area contributed by atoms with Gasteiger partial charge in [0.25, 0.3) is 0 Å². The molecule has 0 spiro atoms. The van der Waals surface area contributed by atoms with Crippen molar-refractivity contribution >= 4 is 60.2 Å². The summed E-state index contributed by atoms with van der Waals surface area (Å²) in [7, 11) is 0. The van der Waals surface area contributed by atoms with Gasteiger partial charge in [0.1, 0.15) is 0 Å². The van der Waals surface area contributed by atoms with Crippen LogP contribution in [0.15, 0.2) is 237 Å². The van der Waals surface area contributed by atoms with E-state index in [9.17, 15) is 0 Å². The summed E-state index contributed by atoms with van der Waals surface area (Å²) in [5.74, 6) is 0. The smallest absolute Gasteiger partial charge is 0.0714 e. The van der Waals surface area contributed by atoms with Gasteiger partial charge in [0, 0.05) is 16.6 Å². The topological polar surface area (TPSA) is 3.24 Å². The molecule has 0 radical (unpaired) electrons. The van der Waals surface area contributed by atoms with Crippen molar-refractivity contribution in [1.82, 2.24) is 0 Å². The maximum Gasteiger partial charge on any atom is 0.0714 e. The lowest BCUT2D eigenvalue weighted by Crippen LogP contribution is -2.28. The molecule has 0 saturated heterocycles. The molecule has 0 bridgehead atoms. The van der Waals surface area contributed by atoms with Crippen LogP contribution in [-0.2, 0) is 5.41 Å². The first-order chi connectivity index (χ1) is 29.8. The summed E-state index contributed by atoms with van der Waals surface area (Å²) in [6.07, 6.45) is 0. The summed E-state index contributed by atoms with van der Waals surface area (Å²) >= 11 is 0. The molecule has 11 aromatic carbocycles. The number of benzene rings is 11. The monoisotopic (exact) mass is 761 g/mol. The average Bonchev–Trinajstić information content (AvgIpc) is 3.64. The van der Waals surface area contributed by atoms with Gasteiger partial charge < -0.3 is 4.90 Å². The summed E-state index contributed by atoms with van der Waals surface area (Å²) in [4.78, 5) is 2.52. The van der Waals surface area contributed by atoms with Crippen LogP contribution in [0, 0.1) is 0 Å². The van der Waals surface area contributed by atoms with Crippen LogP contribution >= 0.6 is 0 Å². The Morgan fingerprint density at radius 2 is 0.833 bits per heavy atom. The lowest BCUT2D eigenvalue weighted by atomic mass is 9.68. The zero-order valence-corrected chi connectivity index (χ0v) is 33.0. The van der Waals surface area contributed by atoms with E-state index in [1.165, 1.54) is 87.6 Å². The molecular formula is C59H39N. The molecule has 1 aliphatic carbocycles. The van der Waals surface area contributed by atoms with Crippen molar-refractivity contribution in [2.75, 3.05) is 4.90 Å². The van der Waals surface area contributed by atoms with Crippen molar-refractivity contribution in [2.45, 2.75) is 5.41 Å². The van der Waals surface area contributed by atoms with E-state index in [0.29, 0.717) is 0 Å². The predicted molar refractivity (Wildman–Crippen MR) is 254 cm³/mol. The summed E-state index contributed by atoms with van der Waals surface area (Å²) in [5.41, 5.74) is 12.9. The first-order valence-electron chi connectivity index (χ1n) is 20.8. The minimum absolute atomic E-state index is 0.507. The van der Waals surface area contributed by atoms with Crippen LogP contribution in [0.4, 0.5) is 17.1 Å². The third-order valence-electron chi connectivity index (χ3n) is 12.9. The van der Waals surface area contributed by atoms with Crippen LogP contribution in [0.25, 0.3) is 65.3 Å². The molecule has 1 heteroatoms. The number of anilines is 3. The standard InChI is InChI=1S/C59H39N/c1-3-18-45(19-4-1)59(46-20-5-2-6-21-46)54-27-14-13-26-53(54)58-55(59)28-15-29-56(58)60(57-39-43-17-8-10-23-49(43)51-24-11-12-25-52(51)57)47-35-32-40(33-36-47)42-34-37-50-44(38-42)31-30-41-16-7-9-22-48(41)50/h1-39H. The number of rotatable bonds is 6. The minimum Gasteiger partial charge on any atom is -0.309 e. The third kappa shape index (κ3) is 5.13. The molecule has 60 heavy (non-hydrogen) atoms. The van der Waals surface area contributed by atoms with E-state index in [1.807, 2.05) is 0 Å². The first kappa shape index (κ1) is 34.3. The molecule has 0 aromatic heterocycles. The van der Waals surface area contributed by atoms with Crippen molar-refractivity contribution < 1.29 is 0 Å². The molecule has 0 N–H and O–H groups in total. The fourth-order valence-electron chi connectivity index (χ4n) is 10.3. The highest BCUT2D eigenvalue weighted by Gasteiger charge is 2.47. The second kappa shape index (κ2) is 13.7. The van der Waals surface area contributed by atoms with Gasteiger partial charge >= 0.3 is 0 Å². The molecule has 0 unspecified atom stereocenters. The summed E-state index contributed by atoms with van der Waals surface area (Å²) in [5, 5.41) is 10.0. The molecule has 280 valence electrons. The molecule has 0 fully saturated rings. The maximum atomic E-state index is 2.52. The highest BCUT2D eigenvalue weighted by atomic mass is 15.1. The minimum atomic E-state index is -0.507. The Morgan fingerprint density at radius 1 is 0.300 bits per heavy atom. The second-order valence-electron chi connectivity index (χ2n) is 16.0. The highest BCUT2D eigenvalue weighted by molar-refractivity contribution is 6.15. The van der Waals surface area contributed by atoms with Crippen LogP contribution < -0.4 is 4.90 Å². The fraction of sp³-hybridized carbons (Fsp3) is 0.0169. The van der Waals surface area contributed by atoms with Crippen molar-refractivity contribution in [1.29, 1.82) is 0 Å². The van der Waals surface area contributed by atoms with Crippen molar-refractivity contribution in [3.63, 3.8) is 0 Å². The van der Waals surface area contributed by atoms with E-state index in [4.69, 9.17) is 0 Å². The van der Waals surface area contributed by atoms with Gasteiger partial charge in [-0.25, -0.2) is 0 Å². The lowest BCUT2D eigenvalue weighted by molar-refractivity contribution is 0.768. The summed E-state index contributed by atoms with van der Waals surface area (Å²) in [6, 6.07) is 87.5. The van der Waals surface area contributed by atoms with E-state index >= 15 is 0 Å². The summed E-state index contributed by atoms with van der Waals surface area (Å²) in [6.45, 7) is 0. The molecule has 1 aliphatic rings. The predicted octanol–water partition coefficient (Wildman–Crippen LogP) is 15.8. The molecule has 12 rings (SSSR count). The SMILES string of the molecule is c1ccc(C2(c3ccccc3)c3ccccc3-c3c(N(c4ccc(-c5ccc6c(ccc7ccccc76)c5)cc4)c4cc5ccccc5c5ccccc45)cccc32)cc1. The number of hydrogen-bond acceptors (Lipinski definition) is 1. The van der Waals surface area contributed by atoms with Gasteiger partial charge in [-0.3, -0.25) is 0 Å². The normalized spacial score (nSPS) is 12.8. The van der Waals surface area contributed by atoms with Gasteiger partial charge in [0.15, 0.2) is 0 Å². The molecule has 0 heterocycles. The summed E-state index contributed by atoms with van der Waals surface area (Å²) < 4.78 is 0. The van der Waals surface area contributed by atoms with Crippen molar-refractivity contribution in [3.05, 3.63) is 259 Å².